The van der Waals surface area contributed by atoms with Gasteiger partial charge in [0, 0.05) is 19.3 Å². The molecule has 2 atom stereocenters. The summed E-state index contributed by atoms with van der Waals surface area (Å²) in [5, 5.41) is 2.79. The summed E-state index contributed by atoms with van der Waals surface area (Å²) in [5.74, 6) is -2.85. The standard InChI is InChI=1S/C27H33BN4O7/c1-18(2)11-21(28-32(15-19(3)33,16-25(35)38-28)17-26(36)39-28)13-24(34)22(12-20-7-5-4-6-8-20)31-27(37)23-14-29-9-10-30-23/h4-10,14,18,21-22H,11-13,15-17H2,1-3H3,(H,31,37)/t21-,22+,28?,32?/m1/s1. The predicted molar refractivity (Wildman–Crippen MR) is 140 cm³/mol. The van der Waals surface area contributed by atoms with Crippen LogP contribution in [-0.4, -0.2) is 76.1 Å². The summed E-state index contributed by atoms with van der Waals surface area (Å²) >= 11 is 0. The molecule has 1 aromatic heterocycles. The number of fused-ring (bicyclic) bond motifs is 1. The van der Waals surface area contributed by atoms with Crippen LogP contribution >= 0.6 is 0 Å². The molecule has 2 aliphatic rings. The number of nitrogens with one attached hydrogen (secondary N) is 1. The molecule has 0 spiro atoms. The van der Waals surface area contributed by atoms with Crippen LogP contribution in [0.5, 0.6) is 0 Å². The summed E-state index contributed by atoms with van der Waals surface area (Å²) in [6, 6.07) is 8.31. The molecule has 2 aliphatic heterocycles. The highest BCUT2D eigenvalue weighted by molar-refractivity contribution is 6.68. The van der Waals surface area contributed by atoms with Gasteiger partial charge in [-0.15, -0.1) is 0 Å². The molecule has 3 heterocycles. The Kier molecular flexibility index (Phi) is 8.24. The van der Waals surface area contributed by atoms with Gasteiger partial charge in [-0.2, -0.15) is 0 Å². The minimum Gasteiger partial charge on any atom is -0.600 e. The van der Waals surface area contributed by atoms with E-state index >= 15 is 0 Å². The van der Waals surface area contributed by atoms with E-state index in [1.165, 1.54) is 25.5 Å². The molecule has 0 radical (unpaired) electrons. The summed E-state index contributed by atoms with van der Waals surface area (Å²) in [4.78, 5) is 72.4. The number of quaternary nitrogens is 1. The molecule has 2 saturated heterocycles. The van der Waals surface area contributed by atoms with Crippen LogP contribution in [0.3, 0.4) is 0 Å². The quantitative estimate of drug-likeness (QED) is 0.401. The first-order valence-corrected chi connectivity index (χ1v) is 13.1. The van der Waals surface area contributed by atoms with Crippen LogP contribution in [0, 0.1) is 5.92 Å². The highest BCUT2D eigenvalue weighted by Crippen LogP contribution is 2.47. The van der Waals surface area contributed by atoms with E-state index in [-0.39, 0.29) is 60.0 Å². The molecule has 0 aliphatic carbocycles. The molecule has 11 nitrogen and oxygen atoms in total. The van der Waals surface area contributed by atoms with E-state index in [0.717, 1.165) is 5.56 Å². The third-order valence-electron chi connectivity index (χ3n) is 7.40. The number of nitrogens with zero attached hydrogens (tertiary/aromatic N) is 3. The molecule has 2 fully saturated rings. The second-order valence-corrected chi connectivity index (χ2v) is 11.0. The lowest BCUT2D eigenvalue weighted by molar-refractivity contribution is -0.807. The number of Topliss-reactive ketones (excluding diaryl/α,β-unsaturated/α-hetero) is 2. The Morgan fingerprint density at radius 1 is 1.05 bits per heavy atom. The fraction of sp³-hybridized carbons (Fsp3) is 0.444. The Bertz CT molecular complexity index is 1240. The Morgan fingerprint density at radius 3 is 2.28 bits per heavy atom. The van der Waals surface area contributed by atoms with E-state index in [9.17, 15) is 24.0 Å². The first-order valence-electron chi connectivity index (χ1n) is 13.1. The minimum atomic E-state index is -2.68. The van der Waals surface area contributed by atoms with Crippen LogP contribution in [0.1, 0.15) is 49.7 Å². The molecule has 4 rings (SSSR count). The van der Waals surface area contributed by atoms with Crippen LogP contribution in [0.15, 0.2) is 48.9 Å². The molecule has 39 heavy (non-hydrogen) atoms. The van der Waals surface area contributed by atoms with E-state index in [2.05, 4.69) is 15.3 Å². The average Bonchev–Trinajstić information content (AvgIpc) is 3.28. The van der Waals surface area contributed by atoms with Crippen LogP contribution in [0.25, 0.3) is 0 Å². The predicted octanol–water partition coefficient (Wildman–Crippen LogP) is 1.65. The number of amides is 1. The van der Waals surface area contributed by atoms with Gasteiger partial charge in [0.25, 0.3) is 5.91 Å². The van der Waals surface area contributed by atoms with Crippen molar-refractivity contribution in [3.05, 3.63) is 60.2 Å². The largest absolute Gasteiger partial charge is 0.600 e. The van der Waals surface area contributed by atoms with Crippen molar-refractivity contribution in [2.45, 2.75) is 51.9 Å². The molecule has 0 saturated carbocycles. The zero-order valence-electron chi connectivity index (χ0n) is 22.4. The number of carbonyl (C=O) groups excluding carboxylic acids is 5. The van der Waals surface area contributed by atoms with Crippen LogP contribution in [0.2, 0.25) is 5.82 Å². The third kappa shape index (κ3) is 6.06. The fourth-order valence-electron chi connectivity index (χ4n) is 6.00. The summed E-state index contributed by atoms with van der Waals surface area (Å²) in [6.07, 6.45) is 4.63. The molecule has 0 unspecified atom stereocenters. The van der Waals surface area contributed by atoms with Crippen LogP contribution in [0.4, 0.5) is 0 Å². The SMILES string of the molecule is CC(=O)C[N+]12CC(=O)O[B-]1([C@@H](CC(=O)[C@H](Cc1ccccc1)NC(=O)c1cnccn1)CC(C)C)OC(=O)C2. The Morgan fingerprint density at radius 2 is 1.72 bits per heavy atom. The molecular weight excluding hydrogens is 503 g/mol. The lowest BCUT2D eigenvalue weighted by Crippen LogP contribution is -2.66. The van der Waals surface area contributed by atoms with Gasteiger partial charge in [-0.05, 0) is 30.1 Å². The van der Waals surface area contributed by atoms with Crippen molar-refractivity contribution in [3.8, 4) is 0 Å². The number of benzene rings is 1. The fourth-order valence-corrected chi connectivity index (χ4v) is 6.00. The maximum atomic E-state index is 13.9. The van der Waals surface area contributed by atoms with Crippen molar-refractivity contribution >= 4 is 36.1 Å². The van der Waals surface area contributed by atoms with Gasteiger partial charge in [0.15, 0.2) is 11.6 Å². The first-order chi connectivity index (χ1) is 18.5. The van der Waals surface area contributed by atoms with E-state index in [0.29, 0.717) is 6.42 Å². The molecule has 206 valence electrons. The maximum Gasteiger partial charge on any atom is 0.587 e. The molecule has 12 heteroatoms. The Labute approximate surface area is 226 Å². The van der Waals surface area contributed by atoms with E-state index in [1.807, 2.05) is 44.2 Å². The van der Waals surface area contributed by atoms with Gasteiger partial charge in [0.1, 0.15) is 25.3 Å². The molecule has 1 aromatic carbocycles. The smallest absolute Gasteiger partial charge is 0.587 e. The summed E-state index contributed by atoms with van der Waals surface area (Å²) in [6.45, 7) is 2.15. The van der Waals surface area contributed by atoms with Crippen molar-refractivity contribution in [2.75, 3.05) is 19.6 Å². The molecular formula is C27H33BN4O7. The normalized spacial score (nSPS) is 23.5. The van der Waals surface area contributed by atoms with Gasteiger partial charge in [0.2, 0.25) is 0 Å². The second kappa shape index (κ2) is 11.4. The zero-order valence-corrected chi connectivity index (χ0v) is 22.4. The molecule has 1 N–H and O–H groups in total. The first kappa shape index (κ1) is 28.1. The highest BCUT2D eigenvalue weighted by Gasteiger charge is 2.70. The van der Waals surface area contributed by atoms with E-state index < -0.39 is 36.4 Å². The number of hydrogen-bond donors (Lipinski definition) is 1. The Balaban J connectivity index is 1.67. The van der Waals surface area contributed by atoms with Gasteiger partial charge in [-0.1, -0.05) is 50.6 Å². The van der Waals surface area contributed by atoms with Gasteiger partial charge in [0.05, 0.1) is 12.2 Å². The lowest BCUT2D eigenvalue weighted by Gasteiger charge is -2.47. The van der Waals surface area contributed by atoms with Crippen molar-refractivity contribution in [1.29, 1.82) is 0 Å². The highest BCUT2D eigenvalue weighted by atomic mass is 16.7. The number of carbonyl (C=O) groups is 5. The number of aromatic nitrogens is 2. The van der Waals surface area contributed by atoms with Crippen LogP contribution in [-0.2, 0) is 34.9 Å². The monoisotopic (exact) mass is 536 g/mol. The maximum absolute atomic E-state index is 13.9. The van der Waals surface area contributed by atoms with Gasteiger partial charge in [-0.3, -0.25) is 29.0 Å². The van der Waals surface area contributed by atoms with Crippen molar-refractivity contribution in [3.63, 3.8) is 0 Å². The minimum absolute atomic E-state index is 0.0543. The molecule has 2 aromatic rings. The molecule has 1 amide bonds. The van der Waals surface area contributed by atoms with Crippen molar-refractivity contribution < 1.29 is 37.7 Å². The van der Waals surface area contributed by atoms with Crippen molar-refractivity contribution in [2.24, 2.45) is 5.92 Å². The zero-order chi connectivity index (χ0) is 28.2. The topological polar surface area (TPSA) is 142 Å². The Hall–Kier alpha value is -3.93. The summed E-state index contributed by atoms with van der Waals surface area (Å²) < 4.78 is 11.3. The number of ketones is 2. The van der Waals surface area contributed by atoms with Crippen LogP contribution < -0.4 is 5.32 Å². The average molecular weight is 536 g/mol. The van der Waals surface area contributed by atoms with Gasteiger partial charge >= 0.3 is 18.6 Å². The van der Waals surface area contributed by atoms with Gasteiger partial charge < -0.3 is 19.0 Å². The van der Waals surface area contributed by atoms with E-state index in [1.54, 1.807) is 0 Å². The van der Waals surface area contributed by atoms with E-state index in [4.69, 9.17) is 9.31 Å². The lowest BCUT2D eigenvalue weighted by atomic mass is 9.51. The second-order valence-electron chi connectivity index (χ2n) is 11.0. The third-order valence-corrected chi connectivity index (χ3v) is 7.40. The van der Waals surface area contributed by atoms with Gasteiger partial charge in [-0.25, -0.2) is 4.98 Å². The number of hydrogen-bond acceptors (Lipinski definition) is 9. The molecule has 0 bridgehead atoms. The summed E-state index contributed by atoms with van der Waals surface area (Å²) in [7, 11) is 0. The summed E-state index contributed by atoms with van der Waals surface area (Å²) in [5.41, 5.74) is 0.900. The van der Waals surface area contributed by atoms with Crippen molar-refractivity contribution in [1.82, 2.24) is 15.3 Å². The number of rotatable bonds is 12.